The van der Waals surface area contributed by atoms with Gasteiger partial charge in [-0.1, -0.05) is 38.0 Å². The third-order valence-corrected chi connectivity index (χ3v) is 2.27. The summed E-state index contributed by atoms with van der Waals surface area (Å²) in [5.74, 6) is 1.55. The number of aromatic carboxylic acids is 1. The highest BCUT2D eigenvalue weighted by Gasteiger charge is 1.98. The molecule has 0 fully saturated rings. The van der Waals surface area contributed by atoms with Gasteiger partial charge in [-0.15, -0.1) is 12.3 Å². The Labute approximate surface area is 108 Å². The van der Waals surface area contributed by atoms with Crippen LogP contribution in [0.2, 0.25) is 0 Å². The minimum atomic E-state index is -0.879. The molecule has 3 heteroatoms. The van der Waals surface area contributed by atoms with Gasteiger partial charge in [0.05, 0.1) is 11.7 Å². The first-order chi connectivity index (χ1) is 8.61. The van der Waals surface area contributed by atoms with Crippen molar-refractivity contribution in [3.05, 3.63) is 35.9 Å². The highest BCUT2D eigenvalue weighted by atomic mass is 16.4. The Morgan fingerprint density at radius 2 is 2.00 bits per heavy atom. The second kappa shape index (κ2) is 10.4. The molecule has 0 saturated heterocycles. The SMILES string of the molecule is C#CC[C@H](O)CCCC.O=C(O)c1ccccc1. The number of carboxylic acid groups (broad SMARTS) is 1. The van der Waals surface area contributed by atoms with Gasteiger partial charge in [-0.25, -0.2) is 4.79 Å². The maximum atomic E-state index is 10.2. The lowest BCUT2D eigenvalue weighted by Crippen LogP contribution is -2.03. The van der Waals surface area contributed by atoms with E-state index in [2.05, 4.69) is 12.8 Å². The van der Waals surface area contributed by atoms with Crippen LogP contribution in [0, 0.1) is 12.3 Å². The molecule has 0 spiro atoms. The summed E-state index contributed by atoms with van der Waals surface area (Å²) in [7, 11) is 0. The number of aliphatic hydroxyl groups is 1. The van der Waals surface area contributed by atoms with Crippen molar-refractivity contribution in [3.8, 4) is 12.3 Å². The number of carbonyl (C=O) groups is 1. The number of benzene rings is 1. The minimum Gasteiger partial charge on any atom is -0.478 e. The van der Waals surface area contributed by atoms with E-state index < -0.39 is 5.97 Å². The van der Waals surface area contributed by atoms with E-state index in [4.69, 9.17) is 16.6 Å². The van der Waals surface area contributed by atoms with Gasteiger partial charge in [0.1, 0.15) is 0 Å². The maximum Gasteiger partial charge on any atom is 0.335 e. The van der Waals surface area contributed by atoms with Gasteiger partial charge >= 0.3 is 5.97 Å². The number of aliphatic hydroxyl groups excluding tert-OH is 1. The first-order valence-corrected chi connectivity index (χ1v) is 6.01. The molecule has 0 aliphatic carbocycles. The fourth-order valence-corrected chi connectivity index (χ4v) is 1.26. The summed E-state index contributed by atoms with van der Waals surface area (Å²) in [5.41, 5.74) is 0.331. The van der Waals surface area contributed by atoms with E-state index in [1.54, 1.807) is 30.3 Å². The van der Waals surface area contributed by atoms with Gasteiger partial charge in [-0.05, 0) is 18.6 Å². The van der Waals surface area contributed by atoms with E-state index in [0.717, 1.165) is 19.3 Å². The first kappa shape index (κ1) is 16.2. The summed E-state index contributed by atoms with van der Waals surface area (Å²) in [6.45, 7) is 2.10. The summed E-state index contributed by atoms with van der Waals surface area (Å²) < 4.78 is 0. The van der Waals surface area contributed by atoms with Crippen LogP contribution in [0.1, 0.15) is 43.0 Å². The third kappa shape index (κ3) is 8.37. The summed E-state index contributed by atoms with van der Waals surface area (Å²) >= 11 is 0. The van der Waals surface area contributed by atoms with Crippen LogP contribution in [-0.4, -0.2) is 22.3 Å². The van der Waals surface area contributed by atoms with Gasteiger partial charge in [0.2, 0.25) is 0 Å². The van der Waals surface area contributed by atoms with E-state index in [1.165, 1.54) is 0 Å². The molecule has 18 heavy (non-hydrogen) atoms. The van der Waals surface area contributed by atoms with Gasteiger partial charge in [0.15, 0.2) is 0 Å². The number of hydrogen-bond donors (Lipinski definition) is 2. The Hall–Kier alpha value is -1.79. The molecule has 0 aliphatic rings. The standard InChI is InChI=1S/C8H14O.C7H6O2/c1-3-5-7-8(9)6-4-2;8-7(9)6-4-2-1-3-5-6/h2,8-9H,3,5-7H2,1H3;1-5H,(H,8,9)/t8-;/m0./s1. The molecular formula is C15H20O3. The molecule has 3 nitrogen and oxygen atoms in total. The molecule has 0 aromatic heterocycles. The molecular weight excluding hydrogens is 228 g/mol. The zero-order chi connectivity index (χ0) is 13.8. The van der Waals surface area contributed by atoms with Crippen molar-refractivity contribution in [2.75, 3.05) is 0 Å². The largest absolute Gasteiger partial charge is 0.478 e. The number of hydrogen-bond acceptors (Lipinski definition) is 2. The molecule has 1 rings (SSSR count). The van der Waals surface area contributed by atoms with Crippen LogP contribution in [0.4, 0.5) is 0 Å². The molecule has 0 radical (unpaired) electrons. The molecule has 0 saturated carbocycles. The smallest absolute Gasteiger partial charge is 0.335 e. The van der Waals surface area contributed by atoms with E-state index in [9.17, 15) is 4.79 Å². The van der Waals surface area contributed by atoms with Crippen LogP contribution in [0.15, 0.2) is 30.3 Å². The zero-order valence-electron chi connectivity index (χ0n) is 10.7. The monoisotopic (exact) mass is 248 g/mol. The summed E-state index contributed by atoms with van der Waals surface area (Å²) in [6.07, 6.45) is 8.27. The van der Waals surface area contributed by atoms with Crippen LogP contribution in [0.5, 0.6) is 0 Å². The fourth-order valence-electron chi connectivity index (χ4n) is 1.26. The van der Waals surface area contributed by atoms with Crippen molar-refractivity contribution in [3.63, 3.8) is 0 Å². The van der Waals surface area contributed by atoms with Crippen molar-refractivity contribution in [2.24, 2.45) is 0 Å². The summed E-state index contributed by atoms with van der Waals surface area (Å²) in [5, 5.41) is 17.4. The van der Waals surface area contributed by atoms with Gasteiger partial charge in [0, 0.05) is 6.42 Å². The van der Waals surface area contributed by atoms with Crippen LogP contribution in [0.3, 0.4) is 0 Å². The Morgan fingerprint density at radius 1 is 1.39 bits per heavy atom. The highest BCUT2D eigenvalue weighted by molar-refractivity contribution is 5.87. The van der Waals surface area contributed by atoms with E-state index in [1.807, 2.05) is 0 Å². The van der Waals surface area contributed by atoms with Crippen molar-refractivity contribution in [2.45, 2.75) is 38.7 Å². The van der Waals surface area contributed by atoms with Gasteiger partial charge in [-0.2, -0.15) is 0 Å². The van der Waals surface area contributed by atoms with Gasteiger partial charge < -0.3 is 10.2 Å². The van der Waals surface area contributed by atoms with Gasteiger partial charge in [-0.3, -0.25) is 0 Å². The number of unbranched alkanes of at least 4 members (excludes halogenated alkanes) is 1. The number of rotatable bonds is 5. The lowest BCUT2D eigenvalue weighted by molar-refractivity contribution is 0.0697. The summed E-state index contributed by atoms with van der Waals surface area (Å²) in [4.78, 5) is 10.2. The highest BCUT2D eigenvalue weighted by Crippen LogP contribution is 2.02. The predicted octanol–water partition coefficient (Wildman–Crippen LogP) is 2.95. The first-order valence-electron chi connectivity index (χ1n) is 6.01. The molecule has 2 N–H and O–H groups in total. The normalized spacial score (nSPS) is 10.7. The maximum absolute atomic E-state index is 10.2. The van der Waals surface area contributed by atoms with E-state index >= 15 is 0 Å². The Kier molecular flexibility index (Phi) is 9.34. The average Bonchev–Trinajstić information content (AvgIpc) is 2.38. The molecule has 1 aromatic carbocycles. The average molecular weight is 248 g/mol. The summed E-state index contributed by atoms with van der Waals surface area (Å²) in [6, 6.07) is 8.30. The van der Waals surface area contributed by atoms with Crippen LogP contribution in [-0.2, 0) is 0 Å². The van der Waals surface area contributed by atoms with E-state index in [-0.39, 0.29) is 6.10 Å². The Morgan fingerprint density at radius 3 is 2.39 bits per heavy atom. The van der Waals surface area contributed by atoms with E-state index in [0.29, 0.717) is 12.0 Å². The van der Waals surface area contributed by atoms with Crippen LogP contribution < -0.4 is 0 Å². The second-order valence-electron chi connectivity index (χ2n) is 3.88. The van der Waals surface area contributed by atoms with Gasteiger partial charge in [0.25, 0.3) is 0 Å². The molecule has 1 aromatic rings. The minimum absolute atomic E-state index is 0.269. The van der Waals surface area contributed by atoms with Crippen molar-refractivity contribution < 1.29 is 15.0 Å². The Balaban J connectivity index is 0.000000321. The predicted molar refractivity (Wildman–Crippen MR) is 72.4 cm³/mol. The lowest BCUT2D eigenvalue weighted by Gasteiger charge is -2.03. The molecule has 0 amide bonds. The van der Waals surface area contributed by atoms with Crippen LogP contribution in [0.25, 0.3) is 0 Å². The van der Waals surface area contributed by atoms with Crippen molar-refractivity contribution >= 4 is 5.97 Å². The molecule has 0 bridgehead atoms. The van der Waals surface area contributed by atoms with Crippen molar-refractivity contribution in [1.29, 1.82) is 0 Å². The third-order valence-electron chi connectivity index (χ3n) is 2.27. The lowest BCUT2D eigenvalue weighted by atomic mass is 10.1. The fraction of sp³-hybridized carbons (Fsp3) is 0.400. The molecule has 1 atom stereocenters. The molecule has 0 heterocycles. The van der Waals surface area contributed by atoms with Crippen molar-refractivity contribution in [1.82, 2.24) is 0 Å². The second-order valence-corrected chi connectivity index (χ2v) is 3.88. The Bertz CT molecular complexity index is 365. The molecule has 0 aliphatic heterocycles. The van der Waals surface area contributed by atoms with Crippen LogP contribution >= 0.6 is 0 Å². The quantitative estimate of drug-likeness (QED) is 0.788. The topological polar surface area (TPSA) is 57.5 Å². The molecule has 0 unspecified atom stereocenters. The number of carboxylic acids is 1. The molecule has 98 valence electrons. The number of terminal acetylenes is 1. The zero-order valence-corrected chi connectivity index (χ0v) is 10.7.